The van der Waals surface area contributed by atoms with Gasteiger partial charge in [-0.15, -0.1) is 0 Å². The lowest BCUT2D eigenvalue weighted by molar-refractivity contribution is 0.0662. The Morgan fingerprint density at radius 2 is 1.88 bits per heavy atom. The molecule has 2 aromatic rings. The molecule has 0 unspecified atom stereocenters. The fraction of sp³-hybridized carbons (Fsp3) is 0.450. The van der Waals surface area contributed by atoms with Crippen molar-refractivity contribution in [3.8, 4) is 0 Å². The van der Waals surface area contributed by atoms with Crippen molar-refractivity contribution in [3.63, 3.8) is 0 Å². The maximum atomic E-state index is 12.4. The van der Waals surface area contributed by atoms with Gasteiger partial charge in [-0.25, -0.2) is 0 Å². The number of hydrogen-bond acceptors (Lipinski definition) is 3. The van der Waals surface area contributed by atoms with E-state index in [9.17, 15) is 4.79 Å². The fourth-order valence-electron chi connectivity index (χ4n) is 3.96. The molecule has 0 bridgehead atoms. The first-order valence-electron chi connectivity index (χ1n) is 8.90. The van der Waals surface area contributed by atoms with Crippen LogP contribution in [0.3, 0.4) is 0 Å². The summed E-state index contributed by atoms with van der Waals surface area (Å²) < 4.78 is 5.02. The zero-order valence-corrected chi connectivity index (χ0v) is 14.0. The predicted octanol–water partition coefficient (Wildman–Crippen LogP) is 3.19. The summed E-state index contributed by atoms with van der Waals surface area (Å²) >= 11 is 0. The summed E-state index contributed by atoms with van der Waals surface area (Å²) in [4.78, 5) is 16.9. The van der Waals surface area contributed by atoms with E-state index >= 15 is 0 Å². The Hall–Kier alpha value is -2.07. The molecule has 0 atom stereocenters. The topological polar surface area (TPSA) is 36.7 Å². The van der Waals surface area contributed by atoms with Crippen LogP contribution in [0.5, 0.6) is 0 Å². The van der Waals surface area contributed by atoms with Crippen LogP contribution >= 0.6 is 0 Å². The van der Waals surface area contributed by atoms with Crippen LogP contribution in [0.1, 0.15) is 34.3 Å². The van der Waals surface area contributed by atoms with E-state index in [4.69, 9.17) is 4.42 Å². The summed E-state index contributed by atoms with van der Waals surface area (Å²) in [5.41, 5.74) is 3.66. The van der Waals surface area contributed by atoms with Crippen molar-refractivity contribution >= 4 is 5.91 Å². The summed E-state index contributed by atoms with van der Waals surface area (Å²) in [6.07, 6.45) is 6.46. The molecule has 0 N–H and O–H groups in total. The van der Waals surface area contributed by atoms with Gasteiger partial charge in [-0.3, -0.25) is 9.69 Å². The van der Waals surface area contributed by atoms with Crippen molar-refractivity contribution in [1.82, 2.24) is 9.80 Å². The number of amides is 1. The van der Waals surface area contributed by atoms with Crippen LogP contribution in [-0.4, -0.2) is 41.9 Å². The number of nitrogens with zero attached hydrogens (tertiary/aromatic N) is 2. The first-order chi connectivity index (χ1) is 11.8. The number of rotatable bonds is 3. The zero-order valence-electron chi connectivity index (χ0n) is 14.0. The van der Waals surface area contributed by atoms with Crippen molar-refractivity contribution in [3.05, 3.63) is 59.5 Å². The Kier molecular flexibility index (Phi) is 4.39. The molecular weight excluding hydrogens is 300 g/mol. The van der Waals surface area contributed by atoms with Crippen LogP contribution < -0.4 is 0 Å². The first kappa shape index (κ1) is 15.5. The smallest absolute Gasteiger partial charge is 0.257 e. The van der Waals surface area contributed by atoms with Gasteiger partial charge in [-0.05, 0) is 42.4 Å². The van der Waals surface area contributed by atoms with E-state index in [-0.39, 0.29) is 5.91 Å². The van der Waals surface area contributed by atoms with E-state index in [1.807, 2.05) is 4.90 Å². The average Bonchev–Trinajstić information content (AvgIpc) is 3.16. The largest absolute Gasteiger partial charge is 0.472 e. The number of furan rings is 1. The number of carbonyl (C=O) groups is 1. The summed E-state index contributed by atoms with van der Waals surface area (Å²) in [6, 6.07) is 10.5. The van der Waals surface area contributed by atoms with Crippen molar-refractivity contribution < 1.29 is 9.21 Å². The third kappa shape index (κ3) is 3.24. The lowest BCUT2D eigenvalue weighted by Gasteiger charge is -2.36. The van der Waals surface area contributed by atoms with Crippen LogP contribution in [0.4, 0.5) is 0 Å². The number of hydrogen-bond donors (Lipinski definition) is 0. The Morgan fingerprint density at radius 1 is 1.08 bits per heavy atom. The predicted molar refractivity (Wildman–Crippen MR) is 92.8 cm³/mol. The summed E-state index contributed by atoms with van der Waals surface area (Å²) in [5.74, 6) is 0.803. The Morgan fingerprint density at radius 3 is 2.62 bits per heavy atom. The molecule has 0 saturated carbocycles. The molecule has 1 amide bonds. The number of carbonyl (C=O) groups excluding carboxylic acids is 1. The second-order valence-corrected chi connectivity index (χ2v) is 7.00. The minimum atomic E-state index is 0.106. The SMILES string of the molecule is O=C(c1ccoc1)N1CCC(CN2CCc3ccccc3C2)CC1. The lowest BCUT2D eigenvalue weighted by atomic mass is 9.93. The van der Waals surface area contributed by atoms with Crippen molar-refractivity contribution in [2.75, 3.05) is 26.2 Å². The molecule has 4 rings (SSSR count). The quantitative estimate of drug-likeness (QED) is 0.870. The van der Waals surface area contributed by atoms with Crippen LogP contribution in [0.2, 0.25) is 0 Å². The molecule has 126 valence electrons. The van der Waals surface area contributed by atoms with Gasteiger partial charge >= 0.3 is 0 Å². The molecule has 4 heteroatoms. The molecule has 1 aromatic heterocycles. The highest BCUT2D eigenvalue weighted by molar-refractivity contribution is 5.93. The van der Waals surface area contributed by atoms with Gasteiger partial charge in [0.15, 0.2) is 0 Å². The first-order valence-corrected chi connectivity index (χ1v) is 8.90. The Balaban J connectivity index is 1.29. The second-order valence-electron chi connectivity index (χ2n) is 7.00. The fourth-order valence-corrected chi connectivity index (χ4v) is 3.96. The van der Waals surface area contributed by atoms with E-state index in [0.29, 0.717) is 11.5 Å². The summed E-state index contributed by atoms with van der Waals surface area (Å²) in [5, 5.41) is 0. The van der Waals surface area contributed by atoms with Crippen molar-refractivity contribution in [1.29, 1.82) is 0 Å². The van der Waals surface area contributed by atoms with Crippen molar-refractivity contribution in [2.24, 2.45) is 5.92 Å². The van der Waals surface area contributed by atoms with Gasteiger partial charge in [-0.2, -0.15) is 0 Å². The highest BCUT2D eigenvalue weighted by Crippen LogP contribution is 2.24. The van der Waals surface area contributed by atoms with Crippen LogP contribution in [0.25, 0.3) is 0 Å². The van der Waals surface area contributed by atoms with Crippen LogP contribution in [-0.2, 0) is 13.0 Å². The molecule has 3 heterocycles. The van der Waals surface area contributed by atoms with Crippen molar-refractivity contribution in [2.45, 2.75) is 25.8 Å². The third-order valence-electron chi connectivity index (χ3n) is 5.40. The molecule has 2 aliphatic rings. The molecule has 1 fully saturated rings. The van der Waals surface area contributed by atoms with Gasteiger partial charge < -0.3 is 9.32 Å². The van der Waals surface area contributed by atoms with Gasteiger partial charge in [0.1, 0.15) is 6.26 Å². The zero-order chi connectivity index (χ0) is 16.4. The molecule has 2 aliphatic heterocycles. The maximum absolute atomic E-state index is 12.4. The number of likely N-dealkylation sites (tertiary alicyclic amines) is 1. The minimum Gasteiger partial charge on any atom is -0.472 e. The standard InChI is InChI=1S/C20H24N2O2/c23-20(19-8-12-24-15-19)22-10-5-16(6-11-22)13-21-9-7-17-3-1-2-4-18(17)14-21/h1-4,8,12,15-16H,5-7,9-11,13-14H2. The molecular formula is C20H24N2O2. The number of fused-ring (bicyclic) bond motifs is 1. The number of benzene rings is 1. The van der Waals surface area contributed by atoms with E-state index in [1.165, 1.54) is 11.1 Å². The molecule has 4 nitrogen and oxygen atoms in total. The van der Waals surface area contributed by atoms with Crippen LogP contribution in [0.15, 0.2) is 47.3 Å². The number of piperidine rings is 1. The highest BCUT2D eigenvalue weighted by Gasteiger charge is 2.26. The van der Waals surface area contributed by atoms with Crippen LogP contribution in [0, 0.1) is 5.92 Å². The van der Waals surface area contributed by atoms with E-state index in [2.05, 4.69) is 29.2 Å². The van der Waals surface area contributed by atoms with Gasteiger partial charge in [0.05, 0.1) is 11.8 Å². The Bertz CT molecular complexity index is 687. The van der Waals surface area contributed by atoms with Gasteiger partial charge in [0, 0.05) is 32.7 Å². The molecule has 1 aromatic carbocycles. The molecule has 1 saturated heterocycles. The van der Waals surface area contributed by atoms with E-state index < -0.39 is 0 Å². The van der Waals surface area contributed by atoms with Gasteiger partial charge in [-0.1, -0.05) is 24.3 Å². The molecule has 0 spiro atoms. The van der Waals surface area contributed by atoms with E-state index in [0.717, 1.165) is 52.0 Å². The third-order valence-corrected chi connectivity index (χ3v) is 5.40. The monoisotopic (exact) mass is 324 g/mol. The second kappa shape index (κ2) is 6.81. The summed E-state index contributed by atoms with van der Waals surface area (Å²) in [7, 11) is 0. The Labute approximate surface area is 143 Å². The molecule has 24 heavy (non-hydrogen) atoms. The van der Waals surface area contributed by atoms with E-state index in [1.54, 1.807) is 18.6 Å². The maximum Gasteiger partial charge on any atom is 0.257 e. The normalized spacial score (nSPS) is 19.2. The highest BCUT2D eigenvalue weighted by atomic mass is 16.3. The minimum absolute atomic E-state index is 0.106. The molecule has 0 aliphatic carbocycles. The average molecular weight is 324 g/mol. The lowest BCUT2D eigenvalue weighted by Crippen LogP contribution is -2.42. The molecule has 0 radical (unpaired) electrons. The summed E-state index contributed by atoms with van der Waals surface area (Å²) in [6.45, 7) is 5.11. The van der Waals surface area contributed by atoms with Gasteiger partial charge in [0.25, 0.3) is 5.91 Å². The van der Waals surface area contributed by atoms with Gasteiger partial charge in [0.2, 0.25) is 0 Å².